The van der Waals surface area contributed by atoms with E-state index >= 15 is 0 Å². The first-order valence-electron chi connectivity index (χ1n) is 18.3. The summed E-state index contributed by atoms with van der Waals surface area (Å²) in [5.41, 5.74) is -1.08. The van der Waals surface area contributed by atoms with Crippen LogP contribution in [0.15, 0.2) is 36.8 Å². The van der Waals surface area contributed by atoms with Crippen molar-refractivity contribution in [3.63, 3.8) is 0 Å². The molecule has 1 amide bonds. The third-order valence-electron chi connectivity index (χ3n) is 11.9. The zero-order valence-electron chi connectivity index (χ0n) is 29.4. The quantitative estimate of drug-likeness (QED) is 0.188. The Morgan fingerprint density at radius 2 is 1.85 bits per heavy atom. The van der Waals surface area contributed by atoms with Gasteiger partial charge >= 0.3 is 12.1 Å². The fraction of sp³-hybridized carbons (Fsp3) is 0.553. The van der Waals surface area contributed by atoms with Crippen LogP contribution < -0.4 is 10.1 Å². The van der Waals surface area contributed by atoms with E-state index in [2.05, 4.69) is 20.4 Å². The van der Waals surface area contributed by atoms with Gasteiger partial charge in [-0.25, -0.2) is 23.5 Å². The Morgan fingerprint density at radius 3 is 2.58 bits per heavy atom. The molecule has 3 saturated carbocycles. The Balaban J connectivity index is 1.14. The second kappa shape index (κ2) is 12.8. The highest BCUT2D eigenvalue weighted by atomic mass is 19.4. The molecule has 3 heterocycles. The van der Waals surface area contributed by atoms with Gasteiger partial charge < -0.3 is 19.7 Å². The monoisotopic (exact) mass is 740 g/mol. The molecule has 10 nitrogen and oxygen atoms in total. The van der Waals surface area contributed by atoms with E-state index < -0.39 is 46.7 Å². The van der Waals surface area contributed by atoms with Crippen LogP contribution in [0.5, 0.6) is 5.75 Å². The van der Waals surface area contributed by atoms with E-state index in [1.165, 1.54) is 0 Å². The number of ether oxygens (including phenoxy) is 1. The van der Waals surface area contributed by atoms with E-state index in [9.17, 15) is 36.6 Å². The maximum atomic E-state index is 14.7. The number of hydrogen-bond donors (Lipinski definition) is 2. The highest BCUT2D eigenvalue weighted by Gasteiger charge is 2.56. The minimum Gasteiger partial charge on any atom is -0.490 e. The SMILES string of the molecule is CC1CC2CC(C1)C(NC(=O)c1cnc(-c3cn(C4CCC(F)(F)CC4)c4cc(OC5CCc6nn(C)cc6C5)ccc34)nc1C(F)(F)F)(C(=O)O)C2. The standard InChI is InChI=1S/C38H41F5N6O4/c1-20-11-21-13-23(12-20)37(16-21,35(51)52)46-34(50)28-17-44-33(45-32(28)38(41,42)43)29-19-49(24-7-9-36(39,40)10-8-24)31-15-26(3-5-27(29)31)53-25-4-6-30-22(14-25)18-48(2)47-30/h3,5,15,17-21,23-25H,4,6-14,16H2,1-2H3,(H,46,50)(H,51,52). The van der Waals surface area contributed by atoms with Gasteiger partial charge in [0, 0.05) is 68.0 Å². The number of benzene rings is 1. The van der Waals surface area contributed by atoms with Crippen molar-refractivity contribution >= 4 is 22.8 Å². The molecule has 53 heavy (non-hydrogen) atoms. The van der Waals surface area contributed by atoms with Crippen molar-refractivity contribution in [2.45, 2.75) is 107 Å². The number of rotatable bonds is 7. The third-order valence-corrected chi connectivity index (χ3v) is 11.9. The molecular formula is C38H41F5N6O4. The largest absolute Gasteiger partial charge is 0.490 e. The Labute approximate surface area is 302 Å². The Hall–Kier alpha value is -4.56. The summed E-state index contributed by atoms with van der Waals surface area (Å²) in [7, 11) is 1.87. The molecule has 2 N–H and O–H groups in total. The number of alkyl halides is 5. The van der Waals surface area contributed by atoms with Crippen LogP contribution in [-0.4, -0.2) is 58.9 Å². The van der Waals surface area contributed by atoms with Crippen LogP contribution in [0, 0.1) is 17.8 Å². The first-order valence-corrected chi connectivity index (χ1v) is 18.3. The number of carbonyl (C=O) groups is 2. The van der Waals surface area contributed by atoms with E-state index in [4.69, 9.17) is 4.74 Å². The molecule has 4 aliphatic rings. The molecule has 4 aromatic rings. The van der Waals surface area contributed by atoms with Gasteiger partial charge in [-0.15, -0.1) is 0 Å². The maximum absolute atomic E-state index is 14.7. The van der Waals surface area contributed by atoms with Crippen molar-refractivity contribution in [2.24, 2.45) is 24.8 Å². The maximum Gasteiger partial charge on any atom is 0.434 e. The summed E-state index contributed by atoms with van der Waals surface area (Å²) in [6, 6.07) is 4.85. The van der Waals surface area contributed by atoms with Crippen molar-refractivity contribution in [2.75, 3.05) is 0 Å². The van der Waals surface area contributed by atoms with Gasteiger partial charge in [0.25, 0.3) is 5.91 Å². The summed E-state index contributed by atoms with van der Waals surface area (Å²) >= 11 is 0. The summed E-state index contributed by atoms with van der Waals surface area (Å²) in [5.74, 6) is -5.14. The number of nitrogens with one attached hydrogen (secondary N) is 1. The van der Waals surface area contributed by atoms with Crippen molar-refractivity contribution in [3.8, 4) is 17.1 Å². The van der Waals surface area contributed by atoms with Gasteiger partial charge in [0.1, 0.15) is 17.4 Å². The molecule has 1 aromatic carbocycles. The van der Waals surface area contributed by atoms with Gasteiger partial charge in [0.15, 0.2) is 11.5 Å². The molecule has 3 fully saturated rings. The molecule has 2 bridgehead atoms. The lowest BCUT2D eigenvalue weighted by atomic mass is 9.78. The molecule has 0 spiro atoms. The van der Waals surface area contributed by atoms with Crippen LogP contribution >= 0.6 is 0 Å². The first kappa shape index (κ1) is 35.5. The lowest BCUT2D eigenvalue weighted by Crippen LogP contribution is -2.57. The molecule has 8 rings (SSSR count). The van der Waals surface area contributed by atoms with Gasteiger partial charge in [-0.05, 0) is 86.8 Å². The second-order valence-electron chi connectivity index (χ2n) is 15.7. The highest BCUT2D eigenvalue weighted by molar-refractivity contribution is 6.00. The van der Waals surface area contributed by atoms with Crippen LogP contribution in [0.3, 0.4) is 0 Å². The molecular weight excluding hydrogens is 699 g/mol. The van der Waals surface area contributed by atoms with Crippen molar-refractivity contribution in [1.82, 2.24) is 29.6 Å². The number of nitrogens with zero attached hydrogens (tertiary/aromatic N) is 5. The van der Waals surface area contributed by atoms with E-state index in [1.54, 1.807) is 33.6 Å². The Morgan fingerprint density at radius 1 is 1.08 bits per heavy atom. The van der Waals surface area contributed by atoms with Crippen LogP contribution in [0.2, 0.25) is 0 Å². The number of carboxylic acid groups (broad SMARTS) is 1. The average Bonchev–Trinajstić information content (AvgIpc) is 3.74. The molecule has 5 atom stereocenters. The lowest BCUT2D eigenvalue weighted by Gasteiger charge is -2.33. The molecule has 3 aromatic heterocycles. The minimum atomic E-state index is -5.08. The van der Waals surface area contributed by atoms with E-state index in [1.807, 2.05) is 20.2 Å². The van der Waals surface area contributed by atoms with Crippen molar-refractivity contribution < 1.29 is 41.4 Å². The fourth-order valence-electron chi connectivity index (χ4n) is 9.56. The number of hydrogen-bond acceptors (Lipinski definition) is 6. The number of carbonyl (C=O) groups excluding carboxylic acids is 1. The number of aromatic nitrogens is 5. The summed E-state index contributed by atoms with van der Waals surface area (Å²) in [6.45, 7) is 2.01. The van der Waals surface area contributed by atoms with E-state index in [-0.39, 0.29) is 67.5 Å². The van der Waals surface area contributed by atoms with Gasteiger partial charge in [0.2, 0.25) is 5.92 Å². The summed E-state index contributed by atoms with van der Waals surface area (Å²) in [6.07, 6.45) is 3.06. The molecule has 0 aliphatic heterocycles. The number of halogens is 5. The molecule has 5 unspecified atom stereocenters. The summed E-state index contributed by atoms with van der Waals surface area (Å²) in [5, 5.41) is 17.8. The van der Waals surface area contributed by atoms with Gasteiger partial charge in [0.05, 0.1) is 16.8 Å². The molecule has 282 valence electrons. The van der Waals surface area contributed by atoms with Crippen molar-refractivity contribution in [1.29, 1.82) is 0 Å². The van der Waals surface area contributed by atoms with Crippen molar-refractivity contribution in [3.05, 3.63) is 59.3 Å². The van der Waals surface area contributed by atoms with Crippen LogP contribution in [0.25, 0.3) is 22.3 Å². The van der Waals surface area contributed by atoms with E-state index in [0.717, 1.165) is 36.7 Å². The zero-order chi connectivity index (χ0) is 37.4. The molecule has 0 saturated heterocycles. The third kappa shape index (κ3) is 6.53. The number of carboxylic acids is 1. The highest BCUT2D eigenvalue weighted by Crippen LogP contribution is 2.51. The number of amides is 1. The smallest absolute Gasteiger partial charge is 0.434 e. The Bertz CT molecular complexity index is 2080. The van der Waals surface area contributed by atoms with Crippen LogP contribution in [-0.2, 0) is 30.9 Å². The van der Waals surface area contributed by atoms with Crippen LogP contribution in [0.4, 0.5) is 22.0 Å². The predicted octanol–water partition coefficient (Wildman–Crippen LogP) is 7.55. The summed E-state index contributed by atoms with van der Waals surface area (Å²) in [4.78, 5) is 34.4. The molecule has 0 radical (unpaired) electrons. The summed E-state index contributed by atoms with van der Waals surface area (Å²) < 4.78 is 82.5. The topological polar surface area (TPSA) is 124 Å². The average molecular weight is 741 g/mol. The number of aryl methyl sites for hydroxylation is 2. The van der Waals surface area contributed by atoms with Crippen LogP contribution in [0.1, 0.15) is 98.1 Å². The number of aliphatic carboxylic acids is 1. The minimum absolute atomic E-state index is 0.0520. The van der Waals surface area contributed by atoms with Gasteiger partial charge in [-0.2, -0.15) is 18.3 Å². The number of fused-ring (bicyclic) bond motifs is 4. The molecule has 4 aliphatic carbocycles. The van der Waals surface area contributed by atoms with Gasteiger partial charge in [-0.1, -0.05) is 6.92 Å². The zero-order valence-corrected chi connectivity index (χ0v) is 29.4. The predicted molar refractivity (Wildman–Crippen MR) is 183 cm³/mol. The van der Waals surface area contributed by atoms with E-state index in [0.29, 0.717) is 35.9 Å². The lowest BCUT2D eigenvalue weighted by molar-refractivity contribution is -0.146. The normalized spacial score (nSPS) is 27.1. The fourth-order valence-corrected chi connectivity index (χ4v) is 9.56. The Kier molecular flexibility index (Phi) is 8.56. The molecule has 15 heteroatoms. The van der Waals surface area contributed by atoms with Gasteiger partial charge in [-0.3, -0.25) is 9.48 Å². The second-order valence-corrected chi connectivity index (χ2v) is 15.7. The first-order chi connectivity index (χ1) is 25.1.